The maximum Gasteiger partial charge on any atom is 0.132 e. The Balaban J connectivity index is 1.41. The van der Waals surface area contributed by atoms with Crippen LogP contribution in [0.2, 0.25) is 0 Å². The highest BCUT2D eigenvalue weighted by atomic mass is 19.1. The van der Waals surface area contributed by atoms with Crippen molar-refractivity contribution in [2.24, 2.45) is 0 Å². The lowest BCUT2D eigenvalue weighted by Gasteiger charge is -2.26. The molecule has 0 saturated carbocycles. The Morgan fingerprint density at radius 1 is 1.12 bits per heavy atom. The summed E-state index contributed by atoms with van der Waals surface area (Å²) in [4.78, 5) is 6.42. The molecule has 0 radical (unpaired) electrons. The second-order valence-corrected chi connectivity index (χ2v) is 6.78. The highest BCUT2D eigenvalue weighted by Crippen LogP contribution is 2.35. The number of aromatic nitrogens is 4. The van der Waals surface area contributed by atoms with E-state index in [-0.39, 0.29) is 18.0 Å². The summed E-state index contributed by atoms with van der Waals surface area (Å²) in [5.41, 5.74) is 3.13. The molecule has 0 N–H and O–H groups in total. The summed E-state index contributed by atoms with van der Waals surface area (Å²) in [6, 6.07) is 10.8. The van der Waals surface area contributed by atoms with Crippen molar-refractivity contribution in [2.75, 3.05) is 13.1 Å². The molecule has 26 heavy (non-hydrogen) atoms. The van der Waals surface area contributed by atoms with Crippen molar-refractivity contribution in [3.8, 4) is 11.3 Å². The van der Waals surface area contributed by atoms with Crippen molar-refractivity contribution in [3.05, 3.63) is 65.9 Å². The van der Waals surface area contributed by atoms with Crippen molar-refractivity contribution in [1.82, 2.24) is 24.9 Å². The number of ether oxygens (including phenoxy) is 1. The van der Waals surface area contributed by atoms with Gasteiger partial charge in [0.2, 0.25) is 0 Å². The fourth-order valence-electron chi connectivity index (χ4n) is 3.87. The molecule has 1 fully saturated rings. The Labute approximate surface area is 150 Å². The SMILES string of the molecule is Fc1ccccc1-c1nnn2c1COC1CN(Cc3ccncc3)CC12. The first kappa shape index (κ1) is 15.6. The first-order chi connectivity index (χ1) is 12.8. The number of nitrogens with zero attached hydrogens (tertiary/aromatic N) is 5. The van der Waals surface area contributed by atoms with E-state index in [1.165, 1.54) is 11.6 Å². The van der Waals surface area contributed by atoms with Gasteiger partial charge in [0, 0.05) is 37.6 Å². The highest BCUT2D eigenvalue weighted by molar-refractivity contribution is 5.62. The van der Waals surface area contributed by atoms with E-state index >= 15 is 0 Å². The van der Waals surface area contributed by atoms with E-state index in [0.717, 1.165) is 25.3 Å². The number of likely N-dealkylation sites (tertiary alicyclic amines) is 1. The molecule has 3 aromatic rings. The van der Waals surface area contributed by atoms with Gasteiger partial charge in [-0.05, 0) is 29.8 Å². The van der Waals surface area contributed by atoms with Gasteiger partial charge in [-0.15, -0.1) is 5.10 Å². The third-order valence-corrected chi connectivity index (χ3v) is 5.14. The number of hydrogen-bond acceptors (Lipinski definition) is 5. The minimum absolute atomic E-state index is 0.0829. The van der Waals surface area contributed by atoms with Crippen LogP contribution in [0, 0.1) is 5.82 Å². The number of pyridine rings is 1. The molecule has 2 aliphatic heterocycles. The molecule has 2 atom stereocenters. The molecule has 1 saturated heterocycles. The normalized spacial score (nSPS) is 22.2. The van der Waals surface area contributed by atoms with Gasteiger partial charge in [0.05, 0.1) is 24.4 Å². The summed E-state index contributed by atoms with van der Waals surface area (Å²) >= 11 is 0. The molecule has 0 bridgehead atoms. The third kappa shape index (κ3) is 2.60. The summed E-state index contributed by atoms with van der Waals surface area (Å²) in [6.07, 6.45) is 3.70. The van der Waals surface area contributed by atoms with E-state index < -0.39 is 0 Å². The van der Waals surface area contributed by atoms with Crippen molar-refractivity contribution >= 4 is 0 Å². The first-order valence-corrected chi connectivity index (χ1v) is 8.71. The predicted molar refractivity (Wildman–Crippen MR) is 92.5 cm³/mol. The lowest BCUT2D eigenvalue weighted by molar-refractivity contribution is -0.00494. The summed E-state index contributed by atoms with van der Waals surface area (Å²) in [5, 5.41) is 8.61. The third-order valence-electron chi connectivity index (χ3n) is 5.14. The maximum atomic E-state index is 14.2. The molecule has 6 nitrogen and oxygen atoms in total. The van der Waals surface area contributed by atoms with Gasteiger partial charge in [0.1, 0.15) is 11.5 Å². The van der Waals surface area contributed by atoms with Crippen LogP contribution in [-0.4, -0.2) is 44.1 Å². The van der Waals surface area contributed by atoms with Crippen LogP contribution >= 0.6 is 0 Å². The van der Waals surface area contributed by atoms with Crippen LogP contribution in [0.15, 0.2) is 48.8 Å². The molecule has 1 aromatic carbocycles. The average molecular weight is 351 g/mol. The minimum Gasteiger partial charge on any atom is -0.368 e. The number of rotatable bonds is 3. The molecule has 4 heterocycles. The van der Waals surface area contributed by atoms with E-state index in [1.807, 2.05) is 35.3 Å². The lowest BCUT2D eigenvalue weighted by Crippen LogP contribution is -2.32. The van der Waals surface area contributed by atoms with Gasteiger partial charge in [0.25, 0.3) is 0 Å². The van der Waals surface area contributed by atoms with Gasteiger partial charge < -0.3 is 4.74 Å². The van der Waals surface area contributed by atoms with Gasteiger partial charge >= 0.3 is 0 Å². The van der Waals surface area contributed by atoms with Gasteiger partial charge in [-0.3, -0.25) is 9.88 Å². The molecule has 132 valence electrons. The van der Waals surface area contributed by atoms with Crippen LogP contribution < -0.4 is 0 Å². The fraction of sp³-hybridized carbons (Fsp3) is 0.316. The standard InChI is InChI=1S/C19H18FN5O/c20-15-4-2-1-3-14(15)19-17-12-26-18-11-24(9-13-5-7-21-8-6-13)10-16(18)25(17)23-22-19/h1-8,16,18H,9-12H2. The molecule has 5 rings (SSSR count). The molecular formula is C19H18FN5O. The van der Waals surface area contributed by atoms with Crippen LogP contribution in [0.4, 0.5) is 4.39 Å². The Kier molecular flexibility index (Phi) is 3.76. The molecule has 0 amide bonds. The zero-order valence-electron chi connectivity index (χ0n) is 14.1. The van der Waals surface area contributed by atoms with E-state index in [9.17, 15) is 4.39 Å². The van der Waals surface area contributed by atoms with Crippen molar-refractivity contribution < 1.29 is 9.13 Å². The van der Waals surface area contributed by atoms with Crippen molar-refractivity contribution in [2.45, 2.75) is 25.3 Å². The zero-order valence-corrected chi connectivity index (χ0v) is 14.1. The monoisotopic (exact) mass is 351 g/mol. The van der Waals surface area contributed by atoms with Crippen molar-refractivity contribution in [1.29, 1.82) is 0 Å². The Hall–Kier alpha value is -2.64. The number of halogens is 1. The van der Waals surface area contributed by atoms with Gasteiger partial charge in [-0.2, -0.15) is 0 Å². The summed E-state index contributed by atoms with van der Waals surface area (Å²) in [5.74, 6) is -0.288. The van der Waals surface area contributed by atoms with Crippen molar-refractivity contribution in [3.63, 3.8) is 0 Å². The predicted octanol–water partition coefficient (Wildman–Crippen LogP) is 2.43. The molecule has 2 unspecified atom stereocenters. The molecule has 2 aliphatic rings. The second-order valence-electron chi connectivity index (χ2n) is 6.78. The molecular weight excluding hydrogens is 333 g/mol. The van der Waals surface area contributed by atoms with Crippen LogP contribution in [0.3, 0.4) is 0 Å². The second kappa shape index (κ2) is 6.26. The van der Waals surface area contributed by atoms with Gasteiger partial charge in [-0.25, -0.2) is 9.07 Å². The smallest absolute Gasteiger partial charge is 0.132 e. The highest BCUT2D eigenvalue weighted by Gasteiger charge is 2.40. The summed E-state index contributed by atoms with van der Waals surface area (Å²) < 4.78 is 22.2. The molecule has 0 aliphatic carbocycles. The number of fused-ring (bicyclic) bond motifs is 3. The van der Waals surface area contributed by atoms with Gasteiger partial charge in [-0.1, -0.05) is 17.3 Å². The average Bonchev–Trinajstić information content (AvgIpc) is 3.26. The Bertz CT molecular complexity index is 929. The minimum atomic E-state index is -0.288. The van der Waals surface area contributed by atoms with E-state index in [1.54, 1.807) is 12.1 Å². The van der Waals surface area contributed by atoms with E-state index in [2.05, 4.69) is 20.2 Å². The fourth-order valence-corrected chi connectivity index (χ4v) is 3.87. The molecule has 0 spiro atoms. The number of hydrogen-bond donors (Lipinski definition) is 0. The maximum absolute atomic E-state index is 14.2. The Morgan fingerprint density at radius 2 is 1.96 bits per heavy atom. The quantitative estimate of drug-likeness (QED) is 0.725. The largest absolute Gasteiger partial charge is 0.368 e. The topological polar surface area (TPSA) is 56.1 Å². The number of benzene rings is 1. The Morgan fingerprint density at radius 3 is 2.81 bits per heavy atom. The summed E-state index contributed by atoms with van der Waals surface area (Å²) in [6.45, 7) is 2.94. The summed E-state index contributed by atoms with van der Waals surface area (Å²) in [7, 11) is 0. The van der Waals surface area contributed by atoms with Crippen LogP contribution in [0.25, 0.3) is 11.3 Å². The van der Waals surface area contributed by atoms with E-state index in [4.69, 9.17) is 4.74 Å². The molecule has 2 aromatic heterocycles. The van der Waals surface area contributed by atoms with Crippen LogP contribution in [-0.2, 0) is 17.9 Å². The van der Waals surface area contributed by atoms with Crippen LogP contribution in [0.5, 0.6) is 0 Å². The zero-order chi connectivity index (χ0) is 17.5. The van der Waals surface area contributed by atoms with Gasteiger partial charge in [0.15, 0.2) is 0 Å². The van der Waals surface area contributed by atoms with E-state index in [0.29, 0.717) is 17.9 Å². The molecule has 7 heteroatoms. The first-order valence-electron chi connectivity index (χ1n) is 8.71. The van der Waals surface area contributed by atoms with Crippen LogP contribution in [0.1, 0.15) is 17.3 Å². The lowest BCUT2D eigenvalue weighted by atomic mass is 10.1.